The highest BCUT2D eigenvalue weighted by Crippen LogP contribution is 2.39. The Hall–Kier alpha value is -3.46. The van der Waals surface area contributed by atoms with Gasteiger partial charge in [0, 0.05) is 25.4 Å². The van der Waals surface area contributed by atoms with E-state index in [2.05, 4.69) is 20.4 Å². The first kappa shape index (κ1) is 28.1. The third-order valence-corrected chi connectivity index (χ3v) is 5.96. The lowest BCUT2D eigenvalue weighted by Gasteiger charge is -2.36. The van der Waals surface area contributed by atoms with Crippen molar-refractivity contribution in [1.29, 1.82) is 0 Å². The van der Waals surface area contributed by atoms with Crippen LogP contribution in [0.25, 0.3) is 16.8 Å². The summed E-state index contributed by atoms with van der Waals surface area (Å²) < 4.78 is 86.2. The van der Waals surface area contributed by atoms with Crippen LogP contribution in [0.5, 0.6) is 0 Å². The van der Waals surface area contributed by atoms with Crippen LogP contribution in [0.3, 0.4) is 0 Å². The van der Waals surface area contributed by atoms with Gasteiger partial charge in [0.15, 0.2) is 5.82 Å². The third kappa shape index (κ3) is 5.61. The number of ether oxygens (including phenoxy) is 1. The fraction of sp³-hybridized carbons (Fsp3) is 0.455. The minimum absolute atomic E-state index is 0.0755. The Bertz CT molecular complexity index is 1300. The van der Waals surface area contributed by atoms with Crippen LogP contribution in [-0.4, -0.2) is 62.1 Å². The molecule has 1 amide bonds. The molecule has 0 radical (unpaired) electrons. The molecular formula is C22H24F6N6O3. The normalized spacial score (nSPS) is 15.9. The Morgan fingerprint density at radius 3 is 2.43 bits per heavy atom. The molecule has 0 bridgehead atoms. The number of hydrogen-bond acceptors (Lipinski definition) is 7. The molecule has 3 rings (SSSR count). The number of nitrogens with two attached hydrogens (primary N) is 1. The second-order valence-corrected chi connectivity index (χ2v) is 8.73. The number of carbonyl (C=O) groups excluding carboxylic acids is 1. The van der Waals surface area contributed by atoms with E-state index in [0.717, 1.165) is 37.9 Å². The van der Waals surface area contributed by atoms with E-state index in [0.29, 0.717) is 0 Å². The summed E-state index contributed by atoms with van der Waals surface area (Å²) in [7, 11) is 1.01. The van der Waals surface area contributed by atoms with Crippen molar-refractivity contribution in [1.82, 2.24) is 24.9 Å². The van der Waals surface area contributed by atoms with Crippen molar-refractivity contribution in [2.24, 2.45) is 5.92 Å². The Labute approximate surface area is 206 Å². The topological polar surface area (TPSA) is 128 Å². The van der Waals surface area contributed by atoms with Crippen LogP contribution in [0.15, 0.2) is 24.7 Å². The second kappa shape index (κ2) is 9.78. The third-order valence-electron chi connectivity index (χ3n) is 5.96. The summed E-state index contributed by atoms with van der Waals surface area (Å²) in [6.07, 6.45) is -8.94. The summed E-state index contributed by atoms with van der Waals surface area (Å²) in [6, 6.07) is 2.04. The number of alkyl halides is 6. The molecule has 0 aliphatic rings. The summed E-state index contributed by atoms with van der Waals surface area (Å²) in [5, 5.41) is 16.8. The first-order chi connectivity index (χ1) is 17.0. The number of pyridine rings is 1. The van der Waals surface area contributed by atoms with E-state index in [1.54, 1.807) is 0 Å². The number of rotatable bonds is 7. The molecule has 4 N–H and O–H groups in total. The number of aliphatic hydroxyl groups is 1. The maximum atomic E-state index is 13.6. The molecule has 202 valence electrons. The van der Waals surface area contributed by atoms with Gasteiger partial charge >= 0.3 is 12.4 Å². The number of fused-ring (bicyclic) bond motifs is 1. The number of anilines is 1. The van der Waals surface area contributed by atoms with Crippen molar-refractivity contribution in [3.63, 3.8) is 0 Å². The molecule has 3 aromatic heterocycles. The highest BCUT2D eigenvalue weighted by Gasteiger charge is 2.48. The smallest absolute Gasteiger partial charge is 0.386 e. The predicted molar refractivity (Wildman–Crippen MR) is 119 cm³/mol. The summed E-state index contributed by atoms with van der Waals surface area (Å²) in [5.74, 6) is -3.28. The molecule has 3 unspecified atom stereocenters. The van der Waals surface area contributed by atoms with Gasteiger partial charge in [-0.2, -0.15) is 31.4 Å². The molecule has 0 aromatic carbocycles. The highest BCUT2D eigenvalue weighted by atomic mass is 19.4. The number of nitrogens with zero attached hydrogens (tertiary/aromatic N) is 4. The van der Waals surface area contributed by atoms with E-state index in [-0.39, 0.29) is 22.5 Å². The van der Waals surface area contributed by atoms with Crippen molar-refractivity contribution in [2.45, 2.75) is 44.8 Å². The fourth-order valence-electron chi connectivity index (χ4n) is 4.02. The van der Waals surface area contributed by atoms with Crippen LogP contribution in [0.2, 0.25) is 0 Å². The molecule has 0 saturated carbocycles. The molecule has 37 heavy (non-hydrogen) atoms. The molecule has 0 saturated heterocycles. The summed E-state index contributed by atoms with van der Waals surface area (Å²) in [4.78, 5) is 20.6. The van der Waals surface area contributed by atoms with Gasteiger partial charge in [-0.25, -0.2) is 9.50 Å². The summed E-state index contributed by atoms with van der Waals surface area (Å²) in [5.41, 5.74) is 2.06. The first-order valence-corrected chi connectivity index (χ1v) is 10.8. The van der Waals surface area contributed by atoms with Gasteiger partial charge in [0.1, 0.15) is 17.4 Å². The number of aromatic nitrogens is 4. The lowest BCUT2D eigenvalue weighted by Crippen LogP contribution is -2.55. The average molecular weight is 534 g/mol. The van der Waals surface area contributed by atoms with Crippen LogP contribution < -0.4 is 11.1 Å². The molecule has 0 aliphatic carbocycles. The van der Waals surface area contributed by atoms with E-state index in [9.17, 15) is 36.2 Å². The zero-order chi connectivity index (χ0) is 27.9. The Morgan fingerprint density at radius 1 is 1.22 bits per heavy atom. The molecule has 9 nitrogen and oxygen atoms in total. The number of aryl methyl sites for hydroxylation is 1. The summed E-state index contributed by atoms with van der Waals surface area (Å²) >= 11 is 0. The zero-order valence-electron chi connectivity index (χ0n) is 20.1. The van der Waals surface area contributed by atoms with Crippen molar-refractivity contribution >= 4 is 17.2 Å². The van der Waals surface area contributed by atoms with E-state index < -0.39 is 59.3 Å². The molecule has 0 aliphatic heterocycles. The number of nitrogen functional groups attached to an aromatic ring is 1. The van der Waals surface area contributed by atoms with Gasteiger partial charge in [-0.05, 0) is 26.0 Å². The van der Waals surface area contributed by atoms with Crippen LogP contribution in [0.4, 0.5) is 32.2 Å². The van der Waals surface area contributed by atoms with E-state index >= 15 is 0 Å². The molecular weight excluding hydrogens is 510 g/mol. The second-order valence-electron chi connectivity index (χ2n) is 8.73. The van der Waals surface area contributed by atoms with Crippen LogP contribution in [0.1, 0.15) is 35.5 Å². The van der Waals surface area contributed by atoms with Gasteiger partial charge in [0.25, 0.3) is 5.91 Å². The minimum Gasteiger partial charge on any atom is -0.386 e. The van der Waals surface area contributed by atoms with E-state index in [4.69, 9.17) is 10.5 Å². The quantitative estimate of drug-likeness (QED) is 0.397. The maximum Gasteiger partial charge on any atom is 0.418 e. The van der Waals surface area contributed by atoms with Crippen molar-refractivity contribution in [2.75, 3.05) is 19.4 Å². The van der Waals surface area contributed by atoms with Gasteiger partial charge in [0.05, 0.1) is 34.5 Å². The first-order valence-electron chi connectivity index (χ1n) is 10.8. The van der Waals surface area contributed by atoms with Gasteiger partial charge in [-0.15, -0.1) is 0 Å². The van der Waals surface area contributed by atoms with Gasteiger partial charge < -0.3 is 20.9 Å². The lowest BCUT2D eigenvalue weighted by molar-refractivity contribution is -0.225. The monoisotopic (exact) mass is 534 g/mol. The molecule has 0 spiro atoms. The van der Waals surface area contributed by atoms with E-state index in [1.165, 1.54) is 19.2 Å². The molecule has 3 heterocycles. The van der Waals surface area contributed by atoms with Gasteiger partial charge in [0.2, 0.25) is 0 Å². The standard InChI is InChI=1S/C22H24F6N6O3/c1-10(21(23,24)25)17(37-4)20(3,36)8-31-19(35)13-5-12(7-30-11(13)2)15-6-14(22(26,27)28)16-18(29)32-9-33-34(15)16/h5-7,9-10,17,36H,8H2,1-4H3,(H,31,35)(H2,29,32,33). The van der Waals surface area contributed by atoms with Crippen LogP contribution in [0, 0.1) is 12.8 Å². The minimum atomic E-state index is -4.78. The number of amides is 1. The Kier molecular flexibility index (Phi) is 7.43. The van der Waals surface area contributed by atoms with Crippen LogP contribution >= 0.6 is 0 Å². The van der Waals surface area contributed by atoms with E-state index in [1.807, 2.05) is 0 Å². The summed E-state index contributed by atoms with van der Waals surface area (Å²) in [6.45, 7) is 2.76. The molecule has 0 fully saturated rings. The fourth-order valence-corrected chi connectivity index (χ4v) is 4.02. The van der Waals surface area contributed by atoms with Crippen molar-refractivity contribution in [3.8, 4) is 11.3 Å². The zero-order valence-corrected chi connectivity index (χ0v) is 20.1. The predicted octanol–water partition coefficient (Wildman–Crippen LogP) is 3.39. The number of nitrogens with one attached hydrogen (secondary N) is 1. The van der Waals surface area contributed by atoms with Crippen molar-refractivity contribution < 1.29 is 41.0 Å². The number of methoxy groups -OCH3 is 1. The van der Waals surface area contributed by atoms with Crippen molar-refractivity contribution in [3.05, 3.63) is 41.5 Å². The SMILES string of the molecule is COC(C(C)C(F)(F)F)C(C)(O)CNC(=O)c1cc(-c2cc(C(F)(F)F)c3c(N)ncnn23)cnc1C. The van der Waals surface area contributed by atoms with Gasteiger partial charge in [-0.1, -0.05) is 6.92 Å². The number of carbonyl (C=O) groups is 1. The lowest BCUT2D eigenvalue weighted by atomic mass is 9.88. The molecule has 3 aromatic rings. The average Bonchev–Trinajstić information content (AvgIpc) is 3.19. The Balaban J connectivity index is 1.95. The molecule has 3 atom stereocenters. The van der Waals surface area contributed by atoms with Crippen LogP contribution in [-0.2, 0) is 10.9 Å². The van der Waals surface area contributed by atoms with Gasteiger partial charge in [-0.3, -0.25) is 9.78 Å². The molecule has 15 heteroatoms. The Morgan fingerprint density at radius 2 is 1.86 bits per heavy atom. The maximum absolute atomic E-state index is 13.6. The largest absolute Gasteiger partial charge is 0.418 e. The number of halogens is 6. The number of hydrogen-bond donors (Lipinski definition) is 3. The highest BCUT2D eigenvalue weighted by molar-refractivity contribution is 5.96.